The maximum absolute atomic E-state index is 12.5. The molecule has 1 aromatic rings. The van der Waals surface area contributed by atoms with Crippen molar-refractivity contribution in [3.63, 3.8) is 0 Å². The van der Waals surface area contributed by atoms with Gasteiger partial charge in [0, 0.05) is 13.1 Å². The molecular formula is C13H19NO2S. The Morgan fingerprint density at radius 1 is 1.24 bits per heavy atom. The van der Waals surface area contributed by atoms with E-state index in [1.165, 1.54) is 0 Å². The smallest absolute Gasteiger partial charge is 0.207 e. The Bertz CT molecular complexity index is 520. The summed E-state index contributed by atoms with van der Waals surface area (Å²) in [5, 5.41) is 0. The van der Waals surface area contributed by atoms with Crippen LogP contribution in [0, 0.1) is 12.3 Å². The van der Waals surface area contributed by atoms with E-state index < -0.39 is 10.0 Å². The number of aryl methyl sites for hydroxylation is 1. The van der Waals surface area contributed by atoms with E-state index in [9.17, 15) is 8.42 Å². The molecule has 1 aliphatic rings. The number of nitrogens with zero attached hydrogens (tertiary/aromatic N) is 1. The molecule has 3 nitrogen and oxygen atoms in total. The van der Waals surface area contributed by atoms with Crippen LogP contribution in [0.15, 0.2) is 29.2 Å². The predicted octanol–water partition coefficient (Wildman–Crippen LogP) is 2.42. The Morgan fingerprint density at radius 3 is 2.41 bits per heavy atom. The van der Waals surface area contributed by atoms with Crippen molar-refractivity contribution < 1.29 is 8.42 Å². The minimum Gasteiger partial charge on any atom is -0.207 e. The normalized spacial score (nSPS) is 20.6. The Labute approximate surface area is 104 Å². The molecule has 4 heteroatoms. The van der Waals surface area contributed by atoms with Crippen LogP contribution in [0.1, 0.15) is 25.8 Å². The van der Waals surface area contributed by atoms with Crippen molar-refractivity contribution in [2.45, 2.75) is 32.1 Å². The van der Waals surface area contributed by atoms with Crippen molar-refractivity contribution >= 4 is 10.0 Å². The van der Waals surface area contributed by atoms with Crippen molar-refractivity contribution in [2.24, 2.45) is 5.41 Å². The third-order valence-corrected chi connectivity index (χ3v) is 5.36. The first-order valence-electron chi connectivity index (χ1n) is 5.89. The minimum atomic E-state index is -3.31. The van der Waals surface area contributed by atoms with Crippen LogP contribution in [-0.4, -0.2) is 25.8 Å². The predicted molar refractivity (Wildman–Crippen MR) is 68.3 cm³/mol. The molecule has 0 bridgehead atoms. The molecule has 0 aromatic heterocycles. The number of rotatable bonds is 2. The van der Waals surface area contributed by atoms with Gasteiger partial charge >= 0.3 is 0 Å². The van der Waals surface area contributed by atoms with E-state index in [-0.39, 0.29) is 5.41 Å². The Hall–Kier alpha value is -0.870. The first kappa shape index (κ1) is 12.6. The highest BCUT2D eigenvalue weighted by molar-refractivity contribution is 7.89. The second-order valence-corrected chi connectivity index (χ2v) is 7.42. The van der Waals surface area contributed by atoms with Crippen LogP contribution in [0.4, 0.5) is 0 Å². The van der Waals surface area contributed by atoms with Gasteiger partial charge in [0.15, 0.2) is 0 Å². The number of hydrogen-bond acceptors (Lipinski definition) is 2. The van der Waals surface area contributed by atoms with E-state index >= 15 is 0 Å². The fraction of sp³-hybridized carbons (Fsp3) is 0.538. The zero-order valence-electron chi connectivity index (χ0n) is 10.6. The summed E-state index contributed by atoms with van der Waals surface area (Å²) in [4.78, 5) is 0.442. The molecule has 0 spiro atoms. The topological polar surface area (TPSA) is 37.4 Å². The molecule has 0 amide bonds. The quantitative estimate of drug-likeness (QED) is 0.811. The van der Waals surface area contributed by atoms with E-state index in [1.807, 2.05) is 19.1 Å². The zero-order chi connectivity index (χ0) is 12.7. The SMILES string of the molecule is Cc1ccccc1S(=O)(=O)N1CCC(C)(C)C1. The molecule has 1 heterocycles. The summed E-state index contributed by atoms with van der Waals surface area (Å²) < 4.78 is 26.5. The molecule has 0 N–H and O–H groups in total. The molecule has 2 rings (SSSR count). The molecular weight excluding hydrogens is 234 g/mol. The summed E-state index contributed by atoms with van der Waals surface area (Å²) in [6.07, 6.45) is 0.929. The van der Waals surface area contributed by atoms with Gasteiger partial charge in [-0.05, 0) is 30.4 Å². The lowest BCUT2D eigenvalue weighted by atomic mass is 9.93. The van der Waals surface area contributed by atoms with Gasteiger partial charge in [-0.2, -0.15) is 4.31 Å². The largest absolute Gasteiger partial charge is 0.243 e. The molecule has 0 atom stereocenters. The summed E-state index contributed by atoms with van der Waals surface area (Å²) in [6, 6.07) is 7.17. The molecule has 17 heavy (non-hydrogen) atoms. The molecule has 0 radical (unpaired) electrons. The van der Waals surface area contributed by atoms with E-state index in [4.69, 9.17) is 0 Å². The van der Waals surface area contributed by atoms with Crippen LogP contribution < -0.4 is 0 Å². The van der Waals surface area contributed by atoms with Gasteiger partial charge < -0.3 is 0 Å². The second-order valence-electron chi connectivity index (χ2n) is 5.52. The average Bonchev–Trinajstić information content (AvgIpc) is 2.60. The highest BCUT2D eigenvalue weighted by Crippen LogP contribution is 2.33. The molecule has 94 valence electrons. The van der Waals surface area contributed by atoms with Crippen molar-refractivity contribution in [2.75, 3.05) is 13.1 Å². The molecule has 1 aromatic carbocycles. The minimum absolute atomic E-state index is 0.0930. The molecule has 1 aliphatic heterocycles. The monoisotopic (exact) mass is 253 g/mol. The van der Waals surface area contributed by atoms with Gasteiger partial charge in [0.25, 0.3) is 0 Å². The van der Waals surface area contributed by atoms with Crippen LogP contribution >= 0.6 is 0 Å². The number of benzene rings is 1. The van der Waals surface area contributed by atoms with E-state index in [1.54, 1.807) is 16.4 Å². The molecule has 0 aliphatic carbocycles. The van der Waals surface area contributed by atoms with Crippen LogP contribution in [0.5, 0.6) is 0 Å². The van der Waals surface area contributed by atoms with Gasteiger partial charge in [-0.25, -0.2) is 8.42 Å². The molecule has 1 saturated heterocycles. The average molecular weight is 253 g/mol. The maximum atomic E-state index is 12.5. The van der Waals surface area contributed by atoms with Crippen molar-refractivity contribution in [1.29, 1.82) is 0 Å². The van der Waals surface area contributed by atoms with Gasteiger partial charge in [0.1, 0.15) is 0 Å². The third kappa shape index (κ3) is 2.38. The summed E-state index contributed by atoms with van der Waals surface area (Å²) in [5.41, 5.74) is 0.910. The lowest BCUT2D eigenvalue weighted by molar-refractivity contribution is 0.375. The van der Waals surface area contributed by atoms with Crippen LogP contribution in [0.2, 0.25) is 0 Å². The lowest BCUT2D eigenvalue weighted by Gasteiger charge is -2.20. The molecule has 0 unspecified atom stereocenters. The van der Waals surface area contributed by atoms with Crippen LogP contribution in [0.3, 0.4) is 0 Å². The molecule has 0 saturated carbocycles. The zero-order valence-corrected chi connectivity index (χ0v) is 11.4. The second kappa shape index (κ2) is 4.10. The lowest BCUT2D eigenvalue weighted by Crippen LogP contribution is -2.30. The summed E-state index contributed by atoms with van der Waals surface area (Å²) in [7, 11) is -3.31. The first-order valence-corrected chi connectivity index (χ1v) is 7.33. The fourth-order valence-electron chi connectivity index (χ4n) is 2.25. The Balaban J connectivity index is 2.36. The van der Waals surface area contributed by atoms with Crippen molar-refractivity contribution in [3.05, 3.63) is 29.8 Å². The van der Waals surface area contributed by atoms with Crippen molar-refractivity contribution in [1.82, 2.24) is 4.31 Å². The summed E-state index contributed by atoms with van der Waals surface area (Å²) >= 11 is 0. The van der Waals surface area contributed by atoms with Gasteiger partial charge in [0.2, 0.25) is 10.0 Å². The van der Waals surface area contributed by atoms with E-state index in [0.29, 0.717) is 18.0 Å². The summed E-state index contributed by atoms with van der Waals surface area (Å²) in [6.45, 7) is 7.31. The standard InChI is InChI=1S/C13H19NO2S/c1-11-6-4-5-7-12(11)17(15,16)14-9-8-13(2,3)10-14/h4-7H,8-10H2,1-3H3. The Kier molecular flexibility index (Phi) is 3.04. The van der Waals surface area contributed by atoms with Gasteiger partial charge in [-0.3, -0.25) is 0 Å². The van der Waals surface area contributed by atoms with Gasteiger partial charge in [-0.1, -0.05) is 32.0 Å². The van der Waals surface area contributed by atoms with Crippen molar-refractivity contribution in [3.8, 4) is 0 Å². The van der Waals surface area contributed by atoms with E-state index in [0.717, 1.165) is 12.0 Å². The maximum Gasteiger partial charge on any atom is 0.243 e. The number of sulfonamides is 1. The first-order chi connectivity index (χ1) is 7.83. The highest BCUT2D eigenvalue weighted by Gasteiger charge is 2.37. The van der Waals surface area contributed by atoms with Gasteiger partial charge in [-0.15, -0.1) is 0 Å². The third-order valence-electron chi connectivity index (χ3n) is 3.35. The fourth-order valence-corrected chi connectivity index (χ4v) is 4.11. The highest BCUT2D eigenvalue weighted by atomic mass is 32.2. The molecule has 1 fully saturated rings. The Morgan fingerprint density at radius 2 is 1.88 bits per heavy atom. The number of hydrogen-bond donors (Lipinski definition) is 0. The van der Waals surface area contributed by atoms with Gasteiger partial charge in [0.05, 0.1) is 4.90 Å². The summed E-state index contributed by atoms with van der Waals surface area (Å²) in [5.74, 6) is 0. The van der Waals surface area contributed by atoms with Crippen LogP contribution in [-0.2, 0) is 10.0 Å². The van der Waals surface area contributed by atoms with Crippen LogP contribution in [0.25, 0.3) is 0 Å². The van der Waals surface area contributed by atoms with E-state index in [2.05, 4.69) is 13.8 Å².